The zero-order chi connectivity index (χ0) is 17.3. The number of halogens is 1. The van der Waals surface area contributed by atoms with E-state index in [4.69, 9.17) is 4.74 Å². The number of nitrogens with zero attached hydrogens (tertiary/aromatic N) is 1. The maximum absolute atomic E-state index is 13.9. The number of hydrogen-bond acceptors (Lipinski definition) is 2. The van der Waals surface area contributed by atoms with Crippen LogP contribution in [0, 0.1) is 11.7 Å². The summed E-state index contributed by atoms with van der Waals surface area (Å²) in [5.74, 6) is 0.459. The fourth-order valence-electron chi connectivity index (χ4n) is 3.26. The predicted octanol–water partition coefficient (Wildman–Crippen LogP) is 4.16. The number of carbonyl (C=O) groups is 1. The van der Waals surface area contributed by atoms with Gasteiger partial charge in [0.2, 0.25) is 5.91 Å². The van der Waals surface area contributed by atoms with E-state index >= 15 is 0 Å². The van der Waals surface area contributed by atoms with Crippen LogP contribution in [0.4, 0.5) is 4.39 Å². The summed E-state index contributed by atoms with van der Waals surface area (Å²) >= 11 is 0. The molecule has 0 spiro atoms. The minimum Gasteiger partial charge on any atom is -0.496 e. The van der Waals surface area contributed by atoms with E-state index in [1.54, 1.807) is 31.2 Å². The zero-order valence-corrected chi connectivity index (χ0v) is 14.2. The number of carbonyl (C=O) groups excluding carboxylic acids is 1. The van der Waals surface area contributed by atoms with E-state index in [2.05, 4.69) is 0 Å². The van der Waals surface area contributed by atoms with Crippen molar-refractivity contribution in [2.45, 2.75) is 25.3 Å². The highest BCUT2D eigenvalue weighted by atomic mass is 19.1. The molecule has 0 heterocycles. The topological polar surface area (TPSA) is 29.5 Å². The maximum Gasteiger partial charge on any atom is 0.226 e. The van der Waals surface area contributed by atoms with Gasteiger partial charge in [-0.05, 0) is 37.0 Å². The molecule has 3 rings (SSSR count). The maximum atomic E-state index is 13.9. The zero-order valence-electron chi connectivity index (χ0n) is 14.2. The van der Waals surface area contributed by atoms with Crippen LogP contribution in [0.5, 0.6) is 5.75 Å². The summed E-state index contributed by atoms with van der Waals surface area (Å²) in [7, 11) is 3.43. The van der Waals surface area contributed by atoms with Crippen LogP contribution in [-0.4, -0.2) is 25.0 Å². The van der Waals surface area contributed by atoms with Gasteiger partial charge in [0.15, 0.2) is 0 Å². The van der Waals surface area contributed by atoms with Gasteiger partial charge in [0.1, 0.15) is 11.6 Å². The Balaban J connectivity index is 1.73. The fourth-order valence-corrected chi connectivity index (χ4v) is 3.26. The van der Waals surface area contributed by atoms with Crippen molar-refractivity contribution in [2.24, 2.45) is 5.92 Å². The molecule has 2 aromatic carbocycles. The van der Waals surface area contributed by atoms with Crippen molar-refractivity contribution in [3.05, 3.63) is 65.5 Å². The Morgan fingerprint density at radius 3 is 2.58 bits per heavy atom. The smallest absolute Gasteiger partial charge is 0.226 e. The van der Waals surface area contributed by atoms with Crippen LogP contribution in [0.15, 0.2) is 48.5 Å². The van der Waals surface area contributed by atoms with Crippen molar-refractivity contribution in [1.82, 2.24) is 4.90 Å². The molecule has 2 aromatic rings. The molecule has 3 nitrogen and oxygen atoms in total. The van der Waals surface area contributed by atoms with Gasteiger partial charge in [-0.15, -0.1) is 0 Å². The first kappa shape index (κ1) is 16.5. The molecule has 4 heteroatoms. The third-order valence-corrected chi connectivity index (χ3v) is 4.93. The molecule has 0 aromatic heterocycles. The van der Waals surface area contributed by atoms with E-state index in [0.717, 1.165) is 11.3 Å². The van der Waals surface area contributed by atoms with E-state index in [1.165, 1.54) is 6.07 Å². The van der Waals surface area contributed by atoms with Crippen LogP contribution in [0.25, 0.3) is 0 Å². The SMILES string of the molecule is COc1ccccc1C(C)N(C)C(=O)C1CC1c1ccccc1F. The average Bonchev–Trinajstić information content (AvgIpc) is 3.40. The van der Waals surface area contributed by atoms with Crippen LogP contribution < -0.4 is 4.74 Å². The van der Waals surface area contributed by atoms with Crippen molar-refractivity contribution in [3.63, 3.8) is 0 Å². The summed E-state index contributed by atoms with van der Waals surface area (Å²) in [6.45, 7) is 1.98. The van der Waals surface area contributed by atoms with Crippen LogP contribution in [0.3, 0.4) is 0 Å². The van der Waals surface area contributed by atoms with Crippen molar-refractivity contribution in [1.29, 1.82) is 0 Å². The van der Waals surface area contributed by atoms with E-state index in [-0.39, 0.29) is 29.6 Å². The van der Waals surface area contributed by atoms with Gasteiger partial charge in [-0.3, -0.25) is 4.79 Å². The van der Waals surface area contributed by atoms with E-state index in [0.29, 0.717) is 12.0 Å². The summed E-state index contributed by atoms with van der Waals surface area (Å²) in [6.07, 6.45) is 0.711. The third-order valence-electron chi connectivity index (χ3n) is 4.93. The molecule has 1 fully saturated rings. The number of hydrogen-bond donors (Lipinski definition) is 0. The summed E-state index contributed by atoms with van der Waals surface area (Å²) < 4.78 is 19.3. The monoisotopic (exact) mass is 327 g/mol. The minimum atomic E-state index is -0.224. The van der Waals surface area contributed by atoms with E-state index in [1.807, 2.05) is 37.3 Å². The van der Waals surface area contributed by atoms with Crippen LogP contribution in [0.1, 0.15) is 36.4 Å². The number of rotatable bonds is 5. The lowest BCUT2D eigenvalue weighted by Crippen LogP contribution is -2.31. The summed E-state index contributed by atoms with van der Waals surface area (Å²) in [6, 6.07) is 14.3. The molecule has 24 heavy (non-hydrogen) atoms. The van der Waals surface area contributed by atoms with Gasteiger partial charge in [0.05, 0.1) is 13.2 Å². The van der Waals surface area contributed by atoms with Crippen molar-refractivity contribution >= 4 is 5.91 Å². The number of amides is 1. The van der Waals surface area contributed by atoms with Crippen molar-refractivity contribution < 1.29 is 13.9 Å². The highest BCUT2D eigenvalue weighted by Gasteiger charge is 2.47. The molecule has 0 saturated heterocycles. The van der Waals surface area contributed by atoms with Gasteiger partial charge in [-0.2, -0.15) is 0 Å². The molecule has 0 aliphatic heterocycles. The van der Waals surface area contributed by atoms with E-state index in [9.17, 15) is 9.18 Å². The normalized spacial score (nSPS) is 20.3. The van der Waals surface area contributed by atoms with Gasteiger partial charge in [-0.25, -0.2) is 4.39 Å². The Morgan fingerprint density at radius 2 is 1.88 bits per heavy atom. The number of methoxy groups -OCH3 is 1. The highest BCUT2D eigenvalue weighted by Crippen LogP contribution is 2.49. The Morgan fingerprint density at radius 1 is 1.21 bits per heavy atom. The van der Waals surface area contributed by atoms with Gasteiger partial charge < -0.3 is 9.64 Å². The third kappa shape index (κ3) is 3.01. The lowest BCUT2D eigenvalue weighted by molar-refractivity contribution is -0.133. The standard InChI is InChI=1S/C20H22FNO2/c1-13(14-8-5-7-11-19(14)24-3)22(2)20(23)17-12-16(17)15-9-4-6-10-18(15)21/h4-11,13,16-17H,12H2,1-3H3. The summed E-state index contributed by atoms with van der Waals surface area (Å²) in [5.41, 5.74) is 1.62. The second kappa shape index (κ2) is 6.63. The lowest BCUT2D eigenvalue weighted by atomic mass is 10.0. The largest absolute Gasteiger partial charge is 0.496 e. The van der Waals surface area contributed by atoms with Crippen molar-refractivity contribution in [2.75, 3.05) is 14.2 Å². The average molecular weight is 327 g/mol. The molecule has 0 radical (unpaired) electrons. The molecule has 3 unspecified atom stereocenters. The first-order valence-corrected chi connectivity index (χ1v) is 8.18. The molecular formula is C20H22FNO2. The lowest BCUT2D eigenvalue weighted by Gasteiger charge is -2.27. The number of benzene rings is 2. The minimum absolute atomic E-state index is 0.00832. The molecular weight excluding hydrogens is 305 g/mol. The summed E-state index contributed by atoms with van der Waals surface area (Å²) in [5, 5.41) is 0. The Kier molecular flexibility index (Phi) is 4.56. The van der Waals surface area contributed by atoms with Crippen LogP contribution >= 0.6 is 0 Å². The van der Waals surface area contributed by atoms with Gasteiger partial charge in [0.25, 0.3) is 0 Å². The fraction of sp³-hybridized carbons (Fsp3) is 0.350. The second-order valence-corrected chi connectivity index (χ2v) is 6.34. The first-order valence-electron chi connectivity index (χ1n) is 8.18. The molecule has 3 atom stereocenters. The second-order valence-electron chi connectivity index (χ2n) is 6.34. The van der Waals surface area contributed by atoms with Crippen molar-refractivity contribution in [3.8, 4) is 5.75 Å². The Hall–Kier alpha value is -2.36. The number of para-hydroxylation sites is 1. The van der Waals surface area contributed by atoms with Crippen LogP contribution in [0.2, 0.25) is 0 Å². The number of ether oxygens (including phenoxy) is 1. The highest BCUT2D eigenvalue weighted by molar-refractivity contribution is 5.83. The van der Waals surface area contributed by atoms with Crippen LogP contribution in [-0.2, 0) is 4.79 Å². The molecule has 1 amide bonds. The van der Waals surface area contributed by atoms with Gasteiger partial charge >= 0.3 is 0 Å². The Bertz CT molecular complexity index is 746. The van der Waals surface area contributed by atoms with Gasteiger partial charge in [0, 0.05) is 18.5 Å². The Labute approximate surface area is 142 Å². The van der Waals surface area contributed by atoms with E-state index < -0.39 is 0 Å². The molecule has 1 aliphatic rings. The predicted molar refractivity (Wildman–Crippen MR) is 91.4 cm³/mol. The quantitative estimate of drug-likeness (QED) is 0.825. The molecule has 1 saturated carbocycles. The molecule has 0 N–H and O–H groups in total. The first-order chi connectivity index (χ1) is 11.5. The molecule has 0 bridgehead atoms. The van der Waals surface area contributed by atoms with Gasteiger partial charge in [-0.1, -0.05) is 36.4 Å². The molecule has 126 valence electrons. The molecule has 1 aliphatic carbocycles. The summed E-state index contributed by atoms with van der Waals surface area (Å²) in [4.78, 5) is 14.5.